The number of rotatable bonds is 8. The molecule has 0 radical (unpaired) electrons. The molecule has 0 bridgehead atoms. The lowest BCUT2D eigenvalue weighted by Gasteiger charge is -2.18. The first kappa shape index (κ1) is 14.5. The minimum atomic E-state index is 0.0722. The standard InChI is InChI=1S/C14H21BrO2/c1-3-4-7-10-17-14(11-15)12-8-5-6-9-13(12)16-2/h5-6,8-9,14H,3-4,7,10-11H2,1-2H3. The van der Waals surface area contributed by atoms with E-state index in [9.17, 15) is 0 Å². The highest BCUT2D eigenvalue weighted by Crippen LogP contribution is 2.28. The number of para-hydroxylation sites is 1. The van der Waals surface area contributed by atoms with E-state index in [2.05, 4.69) is 28.9 Å². The van der Waals surface area contributed by atoms with Crippen molar-refractivity contribution in [3.63, 3.8) is 0 Å². The molecule has 0 heterocycles. The summed E-state index contributed by atoms with van der Waals surface area (Å²) in [4.78, 5) is 0. The normalized spacial score (nSPS) is 12.4. The predicted molar refractivity (Wildman–Crippen MR) is 75.0 cm³/mol. The summed E-state index contributed by atoms with van der Waals surface area (Å²) in [5.74, 6) is 0.896. The Kier molecular flexibility index (Phi) is 7.29. The van der Waals surface area contributed by atoms with Crippen molar-refractivity contribution in [3.05, 3.63) is 29.8 Å². The fraction of sp³-hybridized carbons (Fsp3) is 0.571. The molecule has 0 spiro atoms. The zero-order chi connectivity index (χ0) is 12.5. The molecule has 0 N–H and O–H groups in total. The third kappa shape index (κ3) is 4.68. The maximum atomic E-state index is 5.90. The van der Waals surface area contributed by atoms with Gasteiger partial charge in [0.05, 0.1) is 13.2 Å². The van der Waals surface area contributed by atoms with E-state index in [1.54, 1.807) is 7.11 Å². The van der Waals surface area contributed by atoms with Crippen LogP contribution in [0.2, 0.25) is 0 Å². The van der Waals surface area contributed by atoms with E-state index < -0.39 is 0 Å². The summed E-state index contributed by atoms with van der Waals surface area (Å²) in [7, 11) is 1.70. The van der Waals surface area contributed by atoms with Gasteiger partial charge in [0.15, 0.2) is 0 Å². The monoisotopic (exact) mass is 300 g/mol. The van der Waals surface area contributed by atoms with Gasteiger partial charge in [-0.25, -0.2) is 0 Å². The van der Waals surface area contributed by atoms with E-state index >= 15 is 0 Å². The Balaban J connectivity index is 2.59. The van der Waals surface area contributed by atoms with E-state index in [1.807, 2.05) is 18.2 Å². The molecular formula is C14H21BrO2. The Hall–Kier alpha value is -0.540. The molecule has 1 atom stereocenters. The Bertz CT molecular complexity index is 315. The molecule has 0 fully saturated rings. The van der Waals surface area contributed by atoms with Crippen LogP contribution >= 0.6 is 15.9 Å². The molecule has 17 heavy (non-hydrogen) atoms. The van der Waals surface area contributed by atoms with Gasteiger partial charge in [0.25, 0.3) is 0 Å². The van der Waals surface area contributed by atoms with Gasteiger partial charge in [-0.3, -0.25) is 0 Å². The lowest BCUT2D eigenvalue weighted by Crippen LogP contribution is -2.08. The van der Waals surface area contributed by atoms with E-state index in [1.165, 1.54) is 12.8 Å². The van der Waals surface area contributed by atoms with Gasteiger partial charge in [0.2, 0.25) is 0 Å². The Morgan fingerprint density at radius 1 is 1.24 bits per heavy atom. The number of alkyl halides is 1. The molecule has 0 saturated heterocycles. The Morgan fingerprint density at radius 2 is 2.00 bits per heavy atom. The SMILES string of the molecule is CCCCCOC(CBr)c1ccccc1OC. The molecule has 96 valence electrons. The molecule has 3 heteroatoms. The Labute approximate surface area is 112 Å². The predicted octanol–water partition coefficient (Wildman–Crippen LogP) is 4.34. The zero-order valence-corrected chi connectivity index (χ0v) is 12.2. The van der Waals surface area contributed by atoms with Gasteiger partial charge in [-0.1, -0.05) is 53.9 Å². The fourth-order valence-corrected chi connectivity index (χ4v) is 2.26. The van der Waals surface area contributed by atoms with Crippen LogP contribution in [0.15, 0.2) is 24.3 Å². The summed E-state index contributed by atoms with van der Waals surface area (Å²) in [5.41, 5.74) is 1.11. The van der Waals surface area contributed by atoms with Crippen molar-refractivity contribution in [3.8, 4) is 5.75 Å². The van der Waals surface area contributed by atoms with Crippen molar-refractivity contribution >= 4 is 15.9 Å². The van der Waals surface area contributed by atoms with E-state index in [0.29, 0.717) is 0 Å². The highest BCUT2D eigenvalue weighted by Gasteiger charge is 2.14. The van der Waals surface area contributed by atoms with Crippen LogP contribution < -0.4 is 4.74 Å². The van der Waals surface area contributed by atoms with E-state index in [0.717, 1.165) is 29.7 Å². The van der Waals surface area contributed by atoms with Crippen LogP contribution in [0.3, 0.4) is 0 Å². The van der Waals surface area contributed by atoms with Crippen LogP contribution in [0.1, 0.15) is 37.9 Å². The summed E-state index contributed by atoms with van der Waals surface area (Å²) in [5, 5.41) is 0.791. The van der Waals surface area contributed by atoms with Crippen molar-refractivity contribution in [2.45, 2.75) is 32.3 Å². The van der Waals surface area contributed by atoms with Gasteiger partial charge in [-0.05, 0) is 12.5 Å². The number of hydrogen-bond acceptors (Lipinski definition) is 2. The summed E-state index contributed by atoms with van der Waals surface area (Å²) >= 11 is 3.50. The highest BCUT2D eigenvalue weighted by molar-refractivity contribution is 9.09. The third-order valence-corrected chi connectivity index (χ3v) is 3.28. The number of halogens is 1. The first-order valence-corrected chi connectivity index (χ1v) is 7.26. The summed E-state index contributed by atoms with van der Waals surface area (Å²) in [6.07, 6.45) is 3.63. The summed E-state index contributed by atoms with van der Waals surface area (Å²) in [6, 6.07) is 8.03. The summed E-state index contributed by atoms with van der Waals surface area (Å²) in [6.45, 7) is 3.00. The number of benzene rings is 1. The average Bonchev–Trinajstić information content (AvgIpc) is 2.39. The van der Waals surface area contributed by atoms with Crippen LogP contribution in [-0.4, -0.2) is 19.0 Å². The van der Waals surface area contributed by atoms with Crippen LogP contribution in [-0.2, 0) is 4.74 Å². The number of methoxy groups -OCH3 is 1. The molecule has 1 aromatic carbocycles. The van der Waals surface area contributed by atoms with Crippen molar-refractivity contribution in [1.29, 1.82) is 0 Å². The van der Waals surface area contributed by atoms with Crippen LogP contribution in [0.5, 0.6) is 5.75 Å². The van der Waals surface area contributed by atoms with Gasteiger partial charge >= 0.3 is 0 Å². The third-order valence-electron chi connectivity index (χ3n) is 2.69. The largest absolute Gasteiger partial charge is 0.496 e. The molecule has 0 aliphatic rings. The lowest BCUT2D eigenvalue weighted by molar-refractivity contribution is 0.0653. The molecule has 1 unspecified atom stereocenters. The highest BCUT2D eigenvalue weighted by atomic mass is 79.9. The van der Waals surface area contributed by atoms with Crippen molar-refractivity contribution in [2.24, 2.45) is 0 Å². The maximum absolute atomic E-state index is 5.90. The van der Waals surface area contributed by atoms with Crippen LogP contribution in [0.25, 0.3) is 0 Å². The van der Waals surface area contributed by atoms with Gasteiger partial charge in [-0.2, -0.15) is 0 Å². The molecule has 0 amide bonds. The lowest BCUT2D eigenvalue weighted by atomic mass is 10.1. The Morgan fingerprint density at radius 3 is 2.65 bits per heavy atom. The van der Waals surface area contributed by atoms with Gasteiger partial charge in [0.1, 0.15) is 5.75 Å². The van der Waals surface area contributed by atoms with E-state index in [4.69, 9.17) is 9.47 Å². The molecule has 0 aliphatic carbocycles. The molecule has 2 nitrogen and oxygen atoms in total. The van der Waals surface area contributed by atoms with Crippen LogP contribution in [0.4, 0.5) is 0 Å². The second kappa shape index (κ2) is 8.54. The smallest absolute Gasteiger partial charge is 0.124 e. The van der Waals surface area contributed by atoms with Gasteiger partial charge in [-0.15, -0.1) is 0 Å². The summed E-state index contributed by atoms with van der Waals surface area (Å²) < 4.78 is 11.2. The maximum Gasteiger partial charge on any atom is 0.124 e. The molecule has 1 aromatic rings. The number of unbranched alkanes of at least 4 members (excludes halogenated alkanes) is 2. The first-order chi connectivity index (χ1) is 8.33. The number of hydrogen-bond donors (Lipinski definition) is 0. The second-order valence-corrected chi connectivity index (χ2v) is 4.61. The molecule has 1 rings (SSSR count). The van der Waals surface area contributed by atoms with Gasteiger partial charge < -0.3 is 9.47 Å². The topological polar surface area (TPSA) is 18.5 Å². The fourth-order valence-electron chi connectivity index (χ4n) is 1.73. The van der Waals surface area contributed by atoms with Gasteiger partial charge in [0, 0.05) is 17.5 Å². The average molecular weight is 301 g/mol. The quantitative estimate of drug-likeness (QED) is 0.525. The second-order valence-electron chi connectivity index (χ2n) is 3.96. The molecule has 0 saturated carbocycles. The van der Waals surface area contributed by atoms with E-state index in [-0.39, 0.29) is 6.10 Å². The molecule has 0 aliphatic heterocycles. The molecule has 0 aromatic heterocycles. The number of ether oxygens (including phenoxy) is 2. The minimum Gasteiger partial charge on any atom is -0.496 e. The van der Waals surface area contributed by atoms with Crippen LogP contribution in [0, 0.1) is 0 Å². The van der Waals surface area contributed by atoms with Crippen molar-refractivity contribution < 1.29 is 9.47 Å². The van der Waals surface area contributed by atoms with Crippen molar-refractivity contribution in [1.82, 2.24) is 0 Å². The van der Waals surface area contributed by atoms with Crippen molar-refractivity contribution in [2.75, 3.05) is 19.0 Å². The molecular weight excluding hydrogens is 280 g/mol. The zero-order valence-electron chi connectivity index (χ0n) is 10.6. The minimum absolute atomic E-state index is 0.0722. The first-order valence-electron chi connectivity index (χ1n) is 6.14.